The van der Waals surface area contributed by atoms with E-state index in [0.717, 1.165) is 6.07 Å². The lowest BCUT2D eigenvalue weighted by Crippen LogP contribution is -2.10. The Morgan fingerprint density at radius 1 is 1.24 bits per heavy atom. The summed E-state index contributed by atoms with van der Waals surface area (Å²) in [6.07, 6.45) is 0. The van der Waals surface area contributed by atoms with Gasteiger partial charge in [0.05, 0.1) is 18.1 Å². The minimum absolute atomic E-state index is 0.0660. The van der Waals surface area contributed by atoms with Gasteiger partial charge in [0.2, 0.25) is 0 Å². The molecule has 0 atom stereocenters. The minimum atomic E-state index is -0.713. The lowest BCUT2D eigenvalue weighted by molar-refractivity contribution is -0.384. The van der Waals surface area contributed by atoms with Crippen LogP contribution < -0.4 is 9.47 Å². The Kier molecular flexibility index (Phi) is 4.39. The van der Waals surface area contributed by atoms with Crippen molar-refractivity contribution in [3.8, 4) is 11.5 Å². The van der Waals surface area contributed by atoms with Crippen LogP contribution in [-0.2, 0) is 0 Å². The normalized spacial score (nSPS) is 10.0. The Hall–Kier alpha value is -2.60. The SMILES string of the molecule is COc1ccc(Cl)cc1C(=O)Oc1cccc([N+](=O)[O-])c1. The molecule has 0 amide bonds. The average Bonchev–Trinajstić information content (AvgIpc) is 2.47. The van der Waals surface area contributed by atoms with Crippen molar-refractivity contribution in [2.24, 2.45) is 0 Å². The van der Waals surface area contributed by atoms with Crippen LogP contribution in [0.1, 0.15) is 10.4 Å². The molecule has 0 spiro atoms. The predicted octanol–water partition coefficient (Wildman–Crippen LogP) is 3.48. The number of nitro groups is 1. The van der Waals surface area contributed by atoms with Crippen LogP contribution in [0.15, 0.2) is 42.5 Å². The van der Waals surface area contributed by atoms with Gasteiger partial charge in [-0.05, 0) is 24.3 Å². The van der Waals surface area contributed by atoms with Crippen molar-refractivity contribution in [1.29, 1.82) is 0 Å². The van der Waals surface area contributed by atoms with Gasteiger partial charge in [0.25, 0.3) is 5.69 Å². The van der Waals surface area contributed by atoms with Crippen LogP contribution in [-0.4, -0.2) is 18.0 Å². The third-order valence-corrected chi connectivity index (χ3v) is 2.86. The highest BCUT2D eigenvalue weighted by molar-refractivity contribution is 6.31. The van der Waals surface area contributed by atoms with Gasteiger partial charge in [-0.1, -0.05) is 17.7 Å². The molecule has 21 heavy (non-hydrogen) atoms. The van der Waals surface area contributed by atoms with E-state index in [0.29, 0.717) is 10.8 Å². The van der Waals surface area contributed by atoms with Crippen molar-refractivity contribution < 1.29 is 19.2 Å². The van der Waals surface area contributed by atoms with E-state index in [1.165, 1.54) is 37.4 Å². The molecule has 0 fully saturated rings. The predicted molar refractivity (Wildman–Crippen MR) is 76.1 cm³/mol. The molecule has 0 saturated carbocycles. The summed E-state index contributed by atoms with van der Waals surface area (Å²) in [7, 11) is 1.41. The number of hydrogen-bond donors (Lipinski definition) is 0. The molecule has 6 nitrogen and oxygen atoms in total. The number of non-ortho nitro benzene ring substituents is 1. The summed E-state index contributed by atoms with van der Waals surface area (Å²) < 4.78 is 10.2. The number of carbonyl (C=O) groups is 1. The topological polar surface area (TPSA) is 78.7 Å². The van der Waals surface area contributed by atoms with Crippen LogP contribution in [0.25, 0.3) is 0 Å². The monoisotopic (exact) mass is 307 g/mol. The van der Waals surface area contributed by atoms with Gasteiger partial charge in [0.15, 0.2) is 0 Å². The molecule has 2 aromatic rings. The molecule has 0 aliphatic heterocycles. The lowest BCUT2D eigenvalue weighted by Gasteiger charge is -2.08. The molecule has 0 N–H and O–H groups in total. The first-order valence-corrected chi connectivity index (χ1v) is 6.19. The van der Waals surface area contributed by atoms with Crippen LogP contribution >= 0.6 is 11.6 Å². The molecule has 0 heterocycles. The summed E-state index contributed by atoms with van der Waals surface area (Å²) >= 11 is 5.83. The van der Waals surface area contributed by atoms with Crippen LogP contribution in [0, 0.1) is 10.1 Å². The molecular formula is C14H10ClNO5. The molecular weight excluding hydrogens is 298 g/mol. The molecule has 0 aromatic heterocycles. The van der Waals surface area contributed by atoms with Gasteiger partial charge in [-0.15, -0.1) is 0 Å². The molecule has 2 aromatic carbocycles. The third kappa shape index (κ3) is 3.49. The maximum Gasteiger partial charge on any atom is 0.347 e. The van der Waals surface area contributed by atoms with E-state index in [1.807, 2.05) is 0 Å². The smallest absolute Gasteiger partial charge is 0.347 e. The zero-order valence-electron chi connectivity index (χ0n) is 10.9. The number of hydrogen-bond acceptors (Lipinski definition) is 5. The molecule has 0 radical (unpaired) electrons. The fourth-order valence-electron chi connectivity index (χ4n) is 1.66. The first kappa shape index (κ1) is 14.8. The number of nitro benzene ring substituents is 1. The Balaban J connectivity index is 2.28. The summed E-state index contributed by atoms with van der Waals surface area (Å²) in [5.41, 5.74) is -0.0325. The molecule has 0 aliphatic rings. The quantitative estimate of drug-likeness (QED) is 0.374. The van der Waals surface area contributed by atoms with Crippen LogP contribution in [0.5, 0.6) is 11.5 Å². The largest absolute Gasteiger partial charge is 0.496 e. The van der Waals surface area contributed by atoms with Gasteiger partial charge >= 0.3 is 5.97 Å². The number of halogens is 1. The average molecular weight is 308 g/mol. The second kappa shape index (κ2) is 6.23. The molecule has 0 bridgehead atoms. The van der Waals surface area contributed by atoms with Gasteiger partial charge < -0.3 is 9.47 Å². The van der Waals surface area contributed by atoms with Crippen molar-refractivity contribution in [2.45, 2.75) is 0 Å². The Morgan fingerprint density at radius 2 is 2.00 bits per heavy atom. The van der Waals surface area contributed by atoms with Crippen molar-refractivity contribution >= 4 is 23.3 Å². The molecule has 108 valence electrons. The number of methoxy groups -OCH3 is 1. The second-order valence-corrected chi connectivity index (χ2v) is 4.43. The van der Waals surface area contributed by atoms with Gasteiger partial charge in [0.1, 0.15) is 17.1 Å². The maximum absolute atomic E-state index is 12.1. The van der Waals surface area contributed by atoms with Crippen LogP contribution in [0.4, 0.5) is 5.69 Å². The Labute approximate surface area is 125 Å². The van der Waals surface area contributed by atoms with E-state index in [4.69, 9.17) is 21.1 Å². The summed E-state index contributed by atoms with van der Waals surface area (Å²) in [5, 5.41) is 11.0. The highest BCUT2D eigenvalue weighted by atomic mass is 35.5. The zero-order chi connectivity index (χ0) is 15.4. The number of nitrogens with zero attached hydrogens (tertiary/aromatic N) is 1. The van der Waals surface area contributed by atoms with E-state index in [-0.39, 0.29) is 17.0 Å². The standard InChI is InChI=1S/C14H10ClNO5/c1-20-13-6-5-9(15)7-12(13)14(17)21-11-4-2-3-10(8-11)16(18)19/h2-8H,1H3. The summed E-state index contributed by atoms with van der Waals surface area (Å²) in [5.74, 6) is -0.346. The number of carbonyl (C=O) groups excluding carboxylic acids is 1. The number of benzene rings is 2. The fraction of sp³-hybridized carbons (Fsp3) is 0.0714. The Morgan fingerprint density at radius 3 is 2.67 bits per heavy atom. The zero-order valence-corrected chi connectivity index (χ0v) is 11.7. The van der Waals surface area contributed by atoms with Crippen molar-refractivity contribution in [2.75, 3.05) is 7.11 Å². The number of ether oxygens (including phenoxy) is 2. The van der Waals surface area contributed by atoms with E-state index >= 15 is 0 Å². The van der Waals surface area contributed by atoms with E-state index in [9.17, 15) is 14.9 Å². The van der Waals surface area contributed by atoms with Crippen LogP contribution in [0.3, 0.4) is 0 Å². The summed E-state index contributed by atoms with van der Waals surface area (Å²) in [4.78, 5) is 22.2. The van der Waals surface area contributed by atoms with Crippen molar-refractivity contribution in [1.82, 2.24) is 0 Å². The molecule has 0 saturated heterocycles. The van der Waals surface area contributed by atoms with Gasteiger partial charge in [-0.25, -0.2) is 4.79 Å². The molecule has 0 unspecified atom stereocenters. The lowest BCUT2D eigenvalue weighted by atomic mass is 10.2. The van der Waals surface area contributed by atoms with Crippen molar-refractivity contribution in [3.63, 3.8) is 0 Å². The molecule has 2 rings (SSSR count). The highest BCUT2D eigenvalue weighted by Gasteiger charge is 2.16. The fourth-order valence-corrected chi connectivity index (χ4v) is 1.83. The third-order valence-electron chi connectivity index (χ3n) is 2.62. The van der Waals surface area contributed by atoms with E-state index in [1.54, 1.807) is 6.07 Å². The maximum atomic E-state index is 12.1. The molecule has 0 aliphatic carbocycles. The minimum Gasteiger partial charge on any atom is -0.496 e. The summed E-state index contributed by atoms with van der Waals surface area (Å²) in [6.45, 7) is 0. The second-order valence-electron chi connectivity index (χ2n) is 3.99. The number of rotatable bonds is 4. The van der Waals surface area contributed by atoms with Crippen molar-refractivity contribution in [3.05, 3.63) is 63.2 Å². The van der Waals surface area contributed by atoms with E-state index < -0.39 is 10.9 Å². The Bertz CT molecular complexity index is 702. The summed E-state index contributed by atoms with van der Waals surface area (Å²) in [6, 6.07) is 9.85. The van der Waals surface area contributed by atoms with Gasteiger partial charge in [0, 0.05) is 11.1 Å². The first-order valence-electron chi connectivity index (χ1n) is 5.81. The van der Waals surface area contributed by atoms with Gasteiger partial charge in [-0.2, -0.15) is 0 Å². The van der Waals surface area contributed by atoms with E-state index in [2.05, 4.69) is 0 Å². The highest BCUT2D eigenvalue weighted by Crippen LogP contribution is 2.25. The van der Waals surface area contributed by atoms with Gasteiger partial charge in [-0.3, -0.25) is 10.1 Å². The molecule has 7 heteroatoms. The number of esters is 1. The first-order chi connectivity index (χ1) is 10.0. The van der Waals surface area contributed by atoms with Crippen LogP contribution in [0.2, 0.25) is 5.02 Å².